The highest BCUT2D eigenvalue weighted by atomic mass is 14.7. The van der Waals surface area contributed by atoms with Gasteiger partial charge < -0.3 is 0 Å². The van der Waals surface area contributed by atoms with Crippen LogP contribution in [0.15, 0.2) is 24.3 Å². The van der Waals surface area contributed by atoms with E-state index in [1.165, 1.54) is 25.7 Å². The van der Waals surface area contributed by atoms with Crippen LogP contribution in [0, 0.1) is 22.7 Å². The first-order valence-corrected chi connectivity index (χ1v) is 7.86. The zero-order valence-electron chi connectivity index (χ0n) is 11.1. The molecular weight excluding hydrogens is 216 g/mol. The van der Waals surface area contributed by atoms with Crippen molar-refractivity contribution in [3.8, 4) is 0 Å². The normalized spacial score (nSPS) is 47.8. The molecule has 7 aliphatic rings. The first kappa shape index (κ1) is 10.1. The summed E-state index contributed by atoms with van der Waals surface area (Å²) in [4.78, 5) is 0. The van der Waals surface area contributed by atoms with E-state index in [0.29, 0.717) is 0 Å². The zero-order chi connectivity index (χ0) is 11.8. The van der Waals surface area contributed by atoms with Crippen LogP contribution in [0.3, 0.4) is 0 Å². The Balaban J connectivity index is 1.53. The van der Waals surface area contributed by atoms with Gasteiger partial charge in [-0.15, -0.1) is 0 Å². The predicted molar refractivity (Wildman–Crippen MR) is 73.4 cm³/mol. The lowest BCUT2D eigenvalue weighted by molar-refractivity contribution is 0.229. The van der Waals surface area contributed by atoms with E-state index in [4.69, 9.17) is 0 Å². The van der Waals surface area contributed by atoms with Crippen LogP contribution >= 0.6 is 0 Å². The van der Waals surface area contributed by atoms with Crippen LogP contribution < -0.4 is 0 Å². The topological polar surface area (TPSA) is 0 Å². The molecule has 4 bridgehead atoms. The second-order valence-electron chi connectivity index (χ2n) is 7.75. The Hall–Kier alpha value is -0.780. The Bertz CT molecular complexity index is 452. The van der Waals surface area contributed by atoms with Crippen molar-refractivity contribution in [2.75, 3.05) is 0 Å². The molecule has 1 aromatic carbocycles. The molecule has 0 nitrogen and oxygen atoms in total. The van der Waals surface area contributed by atoms with E-state index >= 15 is 0 Å². The molecule has 94 valence electrons. The van der Waals surface area contributed by atoms with E-state index in [0.717, 1.165) is 22.7 Å². The predicted octanol–water partition coefficient (Wildman–Crippen LogP) is 4.37. The van der Waals surface area contributed by atoms with Crippen LogP contribution in [0.4, 0.5) is 0 Å². The molecule has 0 radical (unpaired) electrons. The van der Waals surface area contributed by atoms with E-state index < -0.39 is 0 Å². The average Bonchev–Trinajstić information content (AvgIpc) is 3.23. The molecule has 0 amide bonds. The van der Waals surface area contributed by atoms with E-state index in [1.807, 2.05) is 0 Å². The summed E-state index contributed by atoms with van der Waals surface area (Å²) in [6.45, 7) is 0. The molecule has 0 heterocycles. The highest BCUT2D eigenvalue weighted by Gasteiger charge is 2.68. The molecule has 0 aromatic heterocycles. The van der Waals surface area contributed by atoms with Crippen molar-refractivity contribution in [2.24, 2.45) is 22.7 Å². The summed E-state index contributed by atoms with van der Waals surface area (Å²) >= 11 is 0. The second-order valence-corrected chi connectivity index (χ2v) is 7.75. The Morgan fingerprint density at radius 2 is 1.06 bits per heavy atom. The Labute approximate surface area is 110 Å². The SMILES string of the molecule is c1cc2ccc1CCC13CC1CC1(CC2)CC1C3. The molecule has 1 aromatic rings. The number of aryl methyl sites for hydroxylation is 2. The molecule has 0 heteroatoms. The highest BCUT2D eigenvalue weighted by molar-refractivity contribution is 5.26. The van der Waals surface area contributed by atoms with Crippen LogP contribution in [-0.4, -0.2) is 0 Å². The number of benzene rings is 1. The standard InChI is InChI=1S/C18H22/c1-2-14-4-3-13(1)5-7-17-9-15(17)12-18(8-6-14)10-16(18)11-17/h1-4,15-16H,5-12H2. The van der Waals surface area contributed by atoms with E-state index in [2.05, 4.69) is 24.3 Å². The van der Waals surface area contributed by atoms with Crippen molar-refractivity contribution in [3.05, 3.63) is 35.4 Å². The van der Waals surface area contributed by atoms with E-state index in [9.17, 15) is 0 Å². The third-order valence-corrected chi connectivity index (χ3v) is 6.87. The van der Waals surface area contributed by atoms with Gasteiger partial charge in [0.15, 0.2) is 0 Å². The molecule has 18 heavy (non-hydrogen) atoms. The summed E-state index contributed by atoms with van der Waals surface area (Å²) in [5, 5.41) is 0. The molecule has 3 saturated carbocycles. The van der Waals surface area contributed by atoms with Gasteiger partial charge in [-0.25, -0.2) is 0 Å². The van der Waals surface area contributed by atoms with Crippen LogP contribution in [0.25, 0.3) is 0 Å². The molecule has 0 atom stereocenters. The third-order valence-electron chi connectivity index (χ3n) is 6.87. The van der Waals surface area contributed by atoms with Crippen molar-refractivity contribution in [1.29, 1.82) is 0 Å². The largest absolute Gasteiger partial charge is 0.0588 e. The first-order chi connectivity index (χ1) is 8.78. The average molecular weight is 238 g/mol. The van der Waals surface area contributed by atoms with Crippen molar-refractivity contribution < 1.29 is 0 Å². The third kappa shape index (κ3) is 1.27. The van der Waals surface area contributed by atoms with Gasteiger partial charge in [0.1, 0.15) is 0 Å². The summed E-state index contributed by atoms with van der Waals surface area (Å²) in [5.41, 5.74) is 4.77. The fourth-order valence-corrected chi connectivity index (χ4v) is 5.40. The number of hydrogen-bond donors (Lipinski definition) is 0. The van der Waals surface area contributed by atoms with Crippen molar-refractivity contribution in [1.82, 2.24) is 0 Å². The van der Waals surface area contributed by atoms with Crippen LogP contribution in [0.1, 0.15) is 49.7 Å². The van der Waals surface area contributed by atoms with E-state index in [1.54, 1.807) is 36.8 Å². The summed E-state index contributed by atoms with van der Waals surface area (Å²) in [6.07, 6.45) is 11.9. The molecule has 7 aliphatic carbocycles. The highest BCUT2D eigenvalue weighted by Crippen LogP contribution is 2.78. The molecule has 2 spiro atoms. The molecule has 8 rings (SSSR count). The lowest BCUT2D eigenvalue weighted by Gasteiger charge is -2.29. The van der Waals surface area contributed by atoms with Gasteiger partial charge in [-0.2, -0.15) is 0 Å². The van der Waals surface area contributed by atoms with Gasteiger partial charge in [-0.3, -0.25) is 0 Å². The van der Waals surface area contributed by atoms with Gasteiger partial charge in [-0.1, -0.05) is 24.3 Å². The molecular formula is C18H22. The van der Waals surface area contributed by atoms with Gasteiger partial charge in [0.05, 0.1) is 0 Å². The Kier molecular flexibility index (Phi) is 1.69. The van der Waals surface area contributed by atoms with Crippen LogP contribution in [0.5, 0.6) is 0 Å². The van der Waals surface area contributed by atoms with E-state index in [-0.39, 0.29) is 0 Å². The lowest BCUT2D eigenvalue weighted by atomic mass is 9.76. The first-order valence-electron chi connectivity index (χ1n) is 7.86. The maximum Gasteiger partial charge on any atom is -0.0260 e. The quantitative estimate of drug-likeness (QED) is 0.629. The number of hydrogen-bond acceptors (Lipinski definition) is 0. The monoisotopic (exact) mass is 238 g/mol. The summed E-state index contributed by atoms with van der Waals surface area (Å²) in [7, 11) is 0. The fraction of sp³-hybridized carbons (Fsp3) is 0.667. The second kappa shape index (κ2) is 3.03. The maximum atomic E-state index is 2.39. The van der Waals surface area contributed by atoms with Gasteiger partial charge in [0.25, 0.3) is 0 Å². The molecule has 0 saturated heterocycles. The number of rotatable bonds is 0. The molecule has 3 fully saturated rings. The summed E-state index contributed by atoms with van der Waals surface area (Å²) in [5.74, 6) is 2.24. The smallest absolute Gasteiger partial charge is 0.0260 e. The minimum atomic E-state index is 0.808. The van der Waals surface area contributed by atoms with Crippen molar-refractivity contribution in [3.63, 3.8) is 0 Å². The lowest BCUT2D eigenvalue weighted by Crippen LogP contribution is -2.20. The fourth-order valence-electron chi connectivity index (χ4n) is 5.40. The maximum absolute atomic E-state index is 2.39. The van der Waals surface area contributed by atoms with Crippen molar-refractivity contribution in [2.45, 2.75) is 51.4 Å². The minimum absolute atomic E-state index is 0.808. The van der Waals surface area contributed by atoms with Gasteiger partial charge in [0, 0.05) is 0 Å². The molecule has 0 aliphatic heterocycles. The molecule has 0 N–H and O–H groups in total. The summed E-state index contributed by atoms with van der Waals surface area (Å²) in [6, 6.07) is 9.56. The van der Waals surface area contributed by atoms with Crippen molar-refractivity contribution >= 4 is 0 Å². The van der Waals surface area contributed by atoms with Gasteiger partial charge in [0.2, 0.25) is 0 Å². The van der Waals surface area contributed by atoms with Gasteiger partial charge >= 0.3 is 0 Å². The van der Waals surface area contributed by atoms with Gasteiger partial charge in [-0.05, 0) is 85.2 Å². The summed E-state index contributed by atoms with van der Waals surface area (Å²) < 4.78 is 0. The van der Waals surface area contributed by atoms with Crippen LogP contribution in [-0.2, 0) is 12.8 Å². The Morgan fingerprint density at radius 1 is 0.667 bits per heavy atom. The zero-order valence-corrected chi connectivity index (χ0v) is 11.1. The minimum Gasteiger partial charge on any atom is -0.0588 e. The van der Waals surface area contributed by atoms with Crippen LogP contribution in [0.2, 0.25) is 0 Å². The molecule has 0 unspecified atom stereocenters. The Morgan fingerprint density at radius 3 is 1.44 bits per heavy atom.